The molecule has 1 atom stereocenters. The van der Waals surface area contributed by atoms with E-state index < -0.39 is 0 Å². The summed E-state index contributed by atoms with van der Waals surface area (Å²) < 4.78 is 5.49. The van der Waals surface area contributed by atoms with Gasteiger partial charge in [-0.05, 0) is 25.7 Å². The zero-order chi connectivity index (χ0) is 7.23. The van der Waals surface area contributed by atoms with Crippen LogP contribution in [-0.4, -0.2) is 12.7 Å². The Balaban J connectivity index is 2.19. The quantitative estimate of drug-likeness (QED) is 0.535. The zero-order valence-electron chi connectivity index (χ0n) is 6.68. The third-order valence-corrected chi connectivity index (χ3v) is 1.80. The van der Waals surface area contributed by atoms with Gasteiger partial charge in [-0.2, -0.15) is 0 Å². The topological polar surface area (TPSA) is 9.23 Å². The Kier molecular flexibility index (Phi) is 3.52. The molecule has 0 saturated carbocycles. The molecule has 58 valence electrons. The van der Waals surface area contributed by atoms with Crippen LogP contribution in [0.25, 0.3) is 0 Å². The first-order chi connectivity index (χ1) is 4.93. The van der Waals surface area contributed by atoms with Crippen molar-refractivity contribution in [3.63, 3.8) is 0 Å². The average Bonchev–Trinajstić information content (AvgIpc) is 2.03. The summed E-state index contributed by atoms with van der Waals surface area (Å²) in [6.07, 6.45) is 9.73. The Labute approximate surface area is 63.1 Å². The molecule has 1 rings (SSSR count). The lowest BCUT2D eigenvalue weighted by Gasteiger charge is -2.18. The molecule has 10 heavy (non-hydrogen) atoms. The fourth-order valence-electron chi connectivity index (χ4n) is 1.21. The van der Waals surface area contributed by atoms with Crippen LogP contribution in [0.1, 0.15) is 32.6 Å². The summed E-state index contributed by atoms with van der Waals surface area (Å²) in [7, 11) is 0. The van der Waals surface area contributed by atoms with E-state index in [4.69, 9.17) is 4.74 Å². The fourth-order valence-corrected chi connectivity index (χ4v) is 1.21. The lowest BCUT2D eigenvalue weighted by Crippen LogP contribution is -2.15. The highest BCUT2D eigenvalue weighted by atomic mass is 16.5. The van der Waals surface area contributed by atoms with E-state index in [-0.39, 0.29) is 0 Å². The summed E-state index contributed by atoms with van der Waals surface area (Å²) in [4.78, 5) is 0. The van der Waals surface area contributed by atoms with Crippen molar-refractivity contribution in [3.05, 3.63) is 12.2 Å². The van der Waals surface area contributed by atoms with Crippen LogP contribution in [-0.2, 0) is 4.74 Å². The van der Waals surface area contributed by atoms with Gasteiger partial charge in [0.15, 0.2) is 0 Å². The first-order valence-corrected chi connectivity index (χ1v) is 4.21. The summed E-state index contributed by atoms with van der Waals surface area (Å²) in [6, 6.07) is 0. The minimum Gasteiger partial charge on any atom is -0.374 e. The summed E-state index contributed by atoms with van der Waals surface area (Å²) in [5.41, 5.74) is 0. The Morgan fingerprint density at radius 1 is 1.50 bits per heavy atom. The van der Waals surface area contributed by atoms with Crippen LogP contribution < -0.4 is 0 Å². The molecule has 1 heterocycles. The predicted octanol–water partition coefficient (Wildman–Crippen LogP) is 2.52. The van der Waals surface area contributed by atoms with Crippen molar-refractivity contribution in [1.29, 1.82) is 0 Å². The third kappa shape index (κ3) is 2.53. The van der Waals surface area contributed by atoms with Crippen LogP contribution in [0.15, 0.2) is 12.2 Å². The van der Waals surface area contributed by atoms with Crippen LogP contribution in [0.5, 0.6) is 0 Å². The minimum absolute atomic E-state index is 0.425. The van der Waals surface area contributed by atoms with E-state index in [2.05, 4.69) is 19.1 Å². The van der Waals surface area contributed by atoms with Crippen molar-refractivity contribution in [2.75, 3.05) is 6.61 Å². The van der Waals surface area contributed by atoms with E-state index in [1.807, 2.05) is 0 Å². The Morgan fingerprint density at radius 3 is 3.00 bits per heavy atom. The fraction of sp³-hybridized carbons (Fsp3) is 0.778. The standard InChI is InChI=1S/C9H16O/c1-2-3-6-9-7-4-5-8-10-9/h3,6,9H,2,4-5,7-8H2,1H3/b6-3-. The largest absolute Gasteiger partial charge is 0.374 e. The van der Waals surface area contributed by atoms with Gasteiger partial charge in [0.05, 0.1) is 6.10 Å². The maximum atomic E-state index is 5.49. The first kappa shape index (κ1) is 7.80. The van der Waals surface area contributed by atoms with Gasteiger partial charge in [0, 0.05) is 6.61 Å². The molecule has 1 nitrogen and oxygen atoms in total. The second-order valence-electron chi connectivity index (χ2n) is 2.74. The van der Waals surface area contributed by atoms with Gasteiger partial charge in [-0.3, -0.25) is 0 Å². The summed E-state index contributed by atoms with van der Waals surface area (Å²) in [5, 5.41) is 0. The molecule has 1 fully saturated rings. The predicted molar refractivity (Wildman–Crippen MR) is 43.0 cm³/mol. The van der Waals surface area contributed by atoms with Gasteiger partial charge in [-0.15, -0.1) is 0 Å². The maximum Gasteiger partial charge on any atom is 0.0755 e. The van der Waals surface area contributed by atoms with Gasteiger partial charge < -0.3 is 4.74 Å². The lowest BCUT2D eigenvalue weighted by atomic mass is 10.1. The van der Waals surface area contributed by atoms with Crippen molar-refractivity contribution in [3.8, 4) is 0 Å². The Hall–Kier alpha value is -0.300. The average molecular weight is 140 g/mol. The van der Waals surface area contributed by atoms with Crippen LogP contribution >= 0.6 is 0 Å². The SMILES string of the molecule is CC/C=C\C1CCCCO1. The van der Waals surface area contributed by atoms with Gasteiger partial charge in [0.1, 0.15) is 0 Å². The number of hydrogen-bond donors (Lipinski definition) is 0. The molecule has 1 unspecified atom stereocenters. The molecule has 1 aliphatic heterocycles. The van der Waals surface area contributed by atoms with Crippen LogP contribution in [0, 0.1) is 0 Å². The molecule has 1 heteroatoms. The molecule has 0 bridgehead atoms. The van der Waals surface area contributed by atoms with Gasteiger partial charge in [0.25, 0.3) is 0 Å². The number of hydrogen-bond acceptors (Lipinski definition) is 1. The van der Waals surface area contributed by atoms with Crippen LogP contribution in [0.4, 0.5) is 0 Å². The van der Waals surface area contributed by atoms with Crippen LogP contribution in [0.3, 0.4) is 0 Å². The van der Waals surface area contributed by atoms with Gasteiger partial charge in [-0.25, -0.2) is 0 Å². The first-order valence-electron chi connectivity index (χ1n) is 4.21. The molecule has 0 radical (unpaired) electrons. The Morgan fingerprint density at radius 2 is 2.40 bits per heavy atom. The second-order valence-corrected chi connectivity index (χ2v) is 2.74. The van der Waals surface area contributed by atoms with Crippen molar-refractivity contribution in [2.45, 2.75) is 38.7 Å². The molecule has 0 aromatic carbocycles. The molecule has 0 aromatic rings. The van der Waals surface area contributed by atoms with Gasteiger partial charge >= 0.3 is 0 Å². The van der Waals surface area contributed by atoms with E-state index in [0.29, 0.717) is 6.10 Å². The summed E-state index contributed by atoms with van der Waals surface area (Å²) in [5.74, 6) is 0. The highest BCUT2D eigenvalue weighted by molar-refractivity contribution is 4.89. The summed E-state index contributed by atoms with van der Waals surface area (Å²) >= 11 is 0. The van der Waals surface area contributed by atoms with Crippen molar-refractivity contribution in [1.82, 2.24) is 0 Å². The van der Waals surface area contributed by atoms with Crippen molar-refractivity contribution < 1.29 is 4.74 Å². The molecule has 1 saturated heterocycles. The molecule has 0 aliphatic carbocycles. The highest BCUT2D eigenvalue weighted by Gasteiger charge is 2.08. The van der Waals surface area contributed by atoms with Crippen molar-refractivity contribution >= 4 is 0 Å². The van der Waals surface area contributed by atoms with E-state index >= 15 is 0 Å². The van der Waals surface area contributed by atoms with Gasteiger partial charge in [-0.1, -0.05) is 19.1 Å². The second kappa shape index (κ2) is 4.51. The number of ether oxygens (including phenoxy) is 1. The smallest absolute Gasteiger partial charge is 0.0755 e. The Bertz CT molecular complexity index is 101. The van der Waals surface area contributed by atoms with Crippen molar-refractivity contribution in [2.24, 2.45) is 0 Å². The highest BCUT2D eigenvalue weighted by Crippen LogP contribution is 2.13. The maximum absolute atomic E-state index is 5.49. The lowest BCUT2D eigenvalue weighted by molar-refractivity contribution is 0.0465. The van der Waals surface area contributed by atoms with E-state index in [0.717, 1.165) is 13.0 Å². The molecule has 0 amide bonds. The zero-order valence-corrected chi connectivity index (χ0v) is 6.68. The van der Waals surface area contributed by atoms with Crippen LogP contribution in [0.2, 0.25) is 0 Å². The molecule has 0 N–H and O–H groups in total. The molecular formula is C9H16O. The normalized spacial score (nSPS) is 27.5. The molecular weight excluding hydrogens is 124 g/mol. The third-order valence-electron chi connectivity index (χ3n) is 1.80. The number of allylic oxidation sites excluding steroid dienone is 1. The molecule has 0 aromatic heterocycles. The molecule has 1 aliphatic rings. The van der Waals surface area contributed by atoms with E-state index in [1.54, 1.807) is 0 Å². The van der Waals surface area contributed by atoms with E-state index in [1.165, 1.54) is 19.3 Å². The summed E-state index contributed by atoms with van der Waals surface area (Å²) in [6.45, 7) is 3.11. The van der Waals surface area contributed by atoms with Gasteiger partial charge in [0.2, 0.25) is 0 Å². The van der Waals surface area contributed by atoms with E-state index in [9.17, 15) is 0 Å². The number of rotatable bonds is 2. The monoisotopic (exact) mass is 140 g/mol. The minimum atomic E-state index is 0.425. The molecule has 0 spiro atoms.